The van der Waals surface area contributed by atoms with Crippen LogP contribution >= 0.6 is 11.6 Å². The number of amides is 2. The van der Waals surface area contributed by atoms with Crippen LogP contribution in [0.5, 0.6) is 11.5 Å². The van der Waals surface area contributed by atoms with E-state index in [-0.39, 0.29) is 53.2 Å². The molecule has 0 radical (unpaired) electrons. The molecule has 1 unspecified atom stereocenters. The van der Waals surface area contributed by atoms with Crippen molar-refractivity contribution >= 4 is 23.4 Å². The molecule has 7 nitrogen and oxygen atoms in total. The van der Waals surface area contributed by atoms with Crippen molar-refractivity contribution in [1.82, 2.24) is 10.6 Å². The van der Waals surface area contributed by atoms with E-state index >= 15 is 0 Å². The minimum atomic E-state index is -4.84. The fraction of sp³-hybridized carbons (Fsp3) is 0.440. The average Bonchev–Trinajstić information content (AvgIpc) is 3.31. The molecule has 3 aliphatic rings. The minimum absolute atomic E-state index is 0.0478. The van der Waals surface area contributed by atoms with Crippen LogP contribution in [0.3, 0.4) is 0 Å². The molecule has 0 spiro atoms. The predicted octanol–water partition coefficient (Wildman–Crippen LogP) is 3.86. The van der Waals surface area contributed by atoms with E-state index in [1.807, 2.05) is 0 Å². The molecule has 3 aliphatic carbocycles. The summed E-state index contributed by atoms with van der Waals surface area (Å²) in [4.78, 5) is 24.7. The van der Waals surface area contributed by atoms with Crippen LogP contribution in [0.2, 0.25) is 5.02 Å². The maximum Gasteiger partial charge on any atom is 0.421 e. The second kappa shape index (κ2) is 10.0. The van der Waals surface area contributed by atoms with Crippen molar-refractivity contribution in [3.05, 3.63) is 58.9 Å². The number of benzene rings is 2. The van der Waals surface area contributed by atoms with Crippen molar-refractivity contribution in [1.29, 1.82) is 0 Å². The van der Waals surface area contributed by atoms with Crippen molar-refractivity contribution in [3.8, 4) is 11.5 Å². The van der Waals surface area contributed by atoms with Crippen molar-refractivity contribution in [3.63, 3.8) is 0 Å². The smallest absolute Gasteiger partial charge is 0.421 e. The summed E-state index contributed by atoms with van der Waals surface area (Å²) in [6, 6.07) is 8.42. The molecule has 37 heavy (non-hydrogen) atoms. The van der Waals surface area contributed by atoms with Gasteiger partial charge in [0.05, 0.1) is 5.02 Å². The second-order valence-electron chi connectivity index (χ2n) is 9.62. The van der Waals surface area contributed by atoms with E-state index in [0.29, 0.717) is 26.2 Å². The summed E-state index contributed by atoms with van der Waals surface area (Å²) in [6.45, 7) is 0.0191. The third kappa shape index (κ3) is 5.93. The van der Waals surface area contributed by atoms with Crippen LogP contribution in [0.4, 0.5) is 17.6 Å². The fourth-order valence-electron chi connectivity index (χ4n) is 4.79. The average molecular weight is 545 g/mol. The Morgan fingerprint density at radius 2 is 1.62 bits per heavy atom. The Morgan fingerprint density at radius 1 is 1.03 bits per heavy atom. The number of aliphatic hydroxyl groups is 1. The first-order chi connectivity index (χ1) is 17.3. The highest BCUT2D eigenvalue weighted by Gasteiger charge is 2.57. The normalized spacial score (nSPS) is 24.0. The Hall–Kier alpha value is -3.05. The number of rotatable bonds is 9. The third-order valence-corrected chi connectivity index (χ3v) is 7.14. The van der Waals surface area contributed by atoms with E-state index in [2.05, 4.69) is 10.6 Å². The molecule has 12 heteroatoms. The number of ether oxygens (including phenoxy) is 2. The molecule has 3 N–H and O–H groups in total. The first-order valence-corrected chi connectivity index (χ1v) is 11.9. The Balaban J connectivity index is 1.21. The van der Waals surface area contributed by atoms with Gasteiger partial charge in [-0.25, -0.2) is 4.39 Å². The van der Waals surface area contributed by atoms with Crippen LogP contribution in [0.1, 0.15) is 31.7 Å². The first kappa shape index (κ1) is 27.0. The second-order valence-corrected chi connectivity index (χ2v) is 10.0. The van der Waals surface area contributed by atoms with Crippen molar-refractivity contribution in [2.24, 2.45) is 5.92 Å². The molecule has 5 rings (SSSR count). The lowest BCUT2D eigenvalue weighted by molar-refractivity contribution is -0.258. The van der Waals surface area contributed by atoms with Crippen molar-refractivity contribution in [2.75, 3.05) is 13.2 Å². The van der Waals surface area contributed by atoms with Crippen LogP contribution in [0.25, 0.3) is 0 Å². The van der Waals surface area contributed by atoms with Gasteiger partial charge in [0.15, 0.2) is 18.8 Å². The van der Waals surface area contributed by atoms with E-state index in [1.54, 1.807) is 0 Å². The molecule has 3 saturated carbocycles. The lowest BCUT2D eigenvalue weighted by Crippen LogP contribution is -2.53. The predicted molar refractivity (Wildman–Crippen MR) is 125 cm³/mol. The van der Waals surface area contributed by atoms with Crippen LogP contribution in [0, 0.1) is 11.7 Å². The number of hydrogen-bond acceptors (Lipinski definition) is 5. The zero-order chi connectivity index (χ0) is 27.0. The SMILES string of the molecule is CC(O)(c1ccc(OCC(=O)NC23CC(C2)[C@@H](NC(=O)COc2ccc(Cl)c(F)c2)C3)cc1)C(F)(F)F. The molecule has 0 aliphatic heterocycles. The largest absolute Gasteiger partial charge is 0.484 e. The standard InChI is InChI=1S/C25H25ClF4N2O5/c1-23(35,25(28,29)30)15-2-4-16(5-3-15)36-13-22(34)32-24-9-14(10-24)20(11-24)31-21(33)12-37-17-6-7-18(26)19(27)8-17/h2-8,14,20,35H,9-13H2,1H3,(H,31,33)(H,32,34)/t14?,20-,23?,24?/m0/s1. The molecule has 3 fully saturated rings. The summed E-state index contributed by atoms with van der Waals surface area (Å²) >= 11 is 5.62. The number of halogens is 5. The van der Waals surface area contributed by atoms with Gasteiger partial charge in [-0.1, -0.05) is 23.7 Å². The van der Waals surface area contributed by atoms with Gasteiger partial charge in [-0.3, -0.25) is 9.59 Å². The Bertz CT molecular complexity index is 1170. The summed E-state index contributed by atoms with van der Waals surface area (Å²) in [5.41, 5.74) is -3.81. The number of hydrogen-bond donors (Lipinski definition) is 3. The minimum Gasteiger partial charge on any atom is -0.484 e. The van der Waals surface area contributed by atoms with E-state index in [1.165, 1.54) is 24.3 Å². The van der Waals surface area contributed by atoms with Gasteiger partial charge in [0.25, 0.3) is 11.8 Å². The van der Waals surface area contributed by atoms with Crippen molar-refractivity contribution < 1.29 is 41.7 Å². The van der Waals surface area contributed by atoms with Crippen LogP contribution < -0.4 is 20.1 Å². The van der Waals surface area contributed by atoms with Gasteiger partial charge in [-0.2, -0.15) is 13.2 Å². The number of carbonyl (C=O) groups is 2. The Kier molecular flexibility index (Phi) is 7.31. The maximum absolute atomic E-state index is 13.5. The quantitative estimate of drug-likeness (QED) is 0.417. The molecule has 2 bridgehead atoms. The van der Waals surface area contributed by atoms with Crippen molar-refractivity contribution in [2.45, 2.75) is 49.5 Å². The van der Waals surface area contributed by atoms with E-state index in [9.17, 15) is 32.3 Å². The van der Waals surface area contributed by atoms with Gasteiger partial charge < -0.3 is 25.2 Å². The zero-order valence-corrected chi connectivity index (χ0v) is 20.5. The van der Waals surface area contributed by atoms with E-state index < -0.39 is 29.0 Å². The summed E-state index contributed by atoms with van der Waals surface area (Å²) < 4.78 is 63.0. The number of alkyl halides is 3. The molecule has 2 amide bonds. The molecule has 0 heterocycles. The van der Waals surface area contributed by atoms with Crippen LogP contribution in [-0.2, 0) is 15.2 Å². The molecule has 2 atom stereocenters. The first-order valence-electron chi connectivity index (χ1n) is 11.5. The topological polar surface area (TPSA) is 96.9 Å². The number of nitrogens with one attached hydrogen (secondary N) is 2. The van der Waals surface area contributed by atoms with Gasteiger partial charge in [0, 0.05) is 17.6 Å². The van der Waals surface area contributed by atoms with Gasteiger partial charge in [0.2, 0.25) is 0 Å². The summed E-state index contributed by atoms with van der Waals surface area (Å²) in [7, 11) is 0. The lowest BCUT2D eigenvalue weighted by atomic mass is 9.76. The Labute approximate surface area is 215 Å². The monoisotopic (exact) mass is 544 g/mol. The van der Waals surface area contributed by atoms with Gasteiger partial charge in [0.1, 0.15) is 17.3 Å². The molecular formula is C25H25ClF4N2O5. The third-order valence-electron chi connectivity index (χ3n) is 6.84. The lowest BCUT2D eigenvalue weighted by Gasteiger charge is -2.39. The van der Waals surface area contributed by atoms with Gasteiger partial charge >= 0.3 is 6.18 Å². The summed E-state index contributed by atoms with van der Waals surface area (Å²) in [5.74, 6) is -0.859. The van der Waals surface area contributed by atoms with E-state index in [4.69, 9.17) is 21.1 Å². The Morgan fingerprint density at radius 3 is 2.24 bits per heavy atom. The summed E-state index contributed by atoms with van der Waals surface area (Å²) in [5, 5.41) is 15.5. The molecule has 0 aromatic heterocycles. The summed E-state index contributed by atoms with van der Waals surface area (Å²) in [6.07, 6.45) is -2.93. The van der Waals surface area contributed by atoms with E-state index in [0.717, 1.165) is 18.2 Å². The van der Waals surface area contributed by atoms with Gasteiger partial charge in [-0.15, -0.1) is 0 Å². The molecule has 2 aromatic rings. The maximum atomic E-state index is 13.5. The highest BCUT2D eigenvalue weighted by molar-refractivity contribution is 6.30. The number of carbonyl (C=O) groups excluding carboxylic acids is 2. The molecular weight excluding hydrogens is 520 g/mol. The molecule has 0 saturated heterocycles. The molecule has 2 aromatic carbocycles. The zero-order valence-electron chi connectivity index (χ0n) is 19.7. The van der Waals surface area contributed by atoms with Gasteiger partial charge in [-0.05, 0) is 61.9 Å². The molecule has 200 valence electrons. The highest BCUT2D eigenvalue weighted by Crippen LogP contribution is 2.52. The fourth-order valence-corrected chi connectivity index (χ4v) is 4.91. The number of fused-ring (bicyclic) bond motifs is 1. The van der Waals surface area contributed by atoms with Crippen LogP contribution in [-0.4, -0.2) is 47.9 Å². The van der Waals surface area contributed by atoms with Crippen LogP contribution in [0.15, 0.2) is 42.5 Å². The highest BCUT2D eigenvalue weighted by atomic mass is 35.5.